The van der Waals surface area contributed by atoms with Gasteiger partial charge in [0.1, 0.15) is 6.61 Å². The van der Waals surface area contributed by atoms with Crippen molar-refractivity contribution in [3.8, 4) is 0 Å². The van der Waals surface area contributed by atoms with E-state index in [0.29, 0.717) is 12.8 Å². The molecule has 0 aromatic carbocycles. The summed E-state index contributed by atoms with van der Waals surface area (Å²) in [5, 5.41) is 0. The van der Waals surface area contributed by atoms with Gasteiger partial charge in [-0.2, -0.15) is 0 Å². The van der Waals surface area contributed by atoms with E-state index in [9.17, 15) is 19.0 Å². The molecule has 0 aliphatic rings. The number of nitrogens with two attached hydrogens (primary N) is 1. The molecule has 9 nitrogen and oxygen atoms in total. The Bertz CT molecular complexity index is 1410. The third kappa shape index (κ3) is 48.1. The SMILES string of the molecule is CC/C=C\C/C=C\C/C=C\C/C=C\C/C=C\C/C=C\C/C=C\C/C=C\CCCCCCCCCCC(=O)OC(COC(=O)CCCCCCC/C=C\CCC)COP(=O)(O)OCCN. The first-order valence-corrected chi connectivity index (χ1v) is 26.4. The van der Waals surface area contributed by atoms with Gasteiger partial charge in [0.25, 0.3) is 0 Å². The maximum Gasteiger partial charge on any atom is 0.472 e. The fraction of sp³-hybridized carbons (Fsp3) is 0.630. The van der Waals surface area contributed by atoms with Crippen LogP contribution in [0.15, 0.2) is 109 Å². The summed E-state index contributed by atoms with van der Waals surface area (Å²) in [6.45, 7) is 3.51. The number of rotatable bonds is 45. The molecule has 2 unspecified atom stereocenters. The van der Waals surface area contributed by atoms with Crippen molar-refractivity contribution in [1.29, 1.82) is 0 Å². The van der Waals surface area contributed by atoms with Crippen LogP contribution in [0.1, 0.15) is 187 Å². The number of allylic oxidation sites excluding steroid dienone is 18. The molecular weight excluding hydrogens is 822 g/mol. The standard InChI is InChI=1S/C54H90NO8P/c1-3-5-7-9-11-13-15-16-17-18-19-20-21-22-23-24-25-26-27-28-29-30-31-32-33-34-35-36-37-39-41-43-45-47-54(57)63-52(51-62-64(58,59)61-49-48-55)50-60-53(56)46-44-42-40-38-14-12-10-8-6-4-2/h5,7-8,10-11,13,16-17,19-20,22-23,25-26,28-29,31-32,52H,3-4,6,9,12,14-15,18,21,24,27,30,33-51,55H2,1-2H3,(H,58,59)/b7-5-,10-8-,13-11-,17-16-,20-19-,23-22-,26-25-,29-28-,32-31-. The Hall–Kier alpha value is -3.33. The van der Waals surface area contributed by atoms with E-state index in [1.807, 2.05) is 0 Å². The van der Waals surface area contributed by atoms with Crippen LogP contribution in [0, 0.1) is 0 Å². The van der Waals surface area contributed by atoms with E-state index >= 15 is 0 Å². The molecular formula is C54H90NO8P. The number of carbonyl (C=O) groups is 2. The minimum atomic E-state index is -4.39. The van der Waals surface area contributed by atoms with Crippen LogP contribution >= 0.6 is 7.82 Å². The average molecular weight is 912 g/mol. The van der Waals surface area contributed by atoms with Crippen molar-refractivity contribution in [3.63, 3.8) is 0 Å². The van der Waals surface area contributed by atoms with Gasteiger partial charge in [-0.3, -0.25) is 18.6 Å². The highest BCUT2D eigenvalue weighted by Crippen LogP contribution is 2.43. The number of unbranched alkanes of at least 4 members (excludes halogenated alkanes) is 14. The molecule has 0 saturated heterocycles. The van der Waals surface area contributed by atoms with E-state index in [0.717, 1.165) is 116 Å². The molecule has 364 valence electrons. The summed E-state index contributed by atoms with van der Waals surface area (Å²) in [6.07, 6.45) is 65.7. The second kappa shape index (κ2) is 49.1. The summed E-state index contributed by atoms with van der Waals surface area (Å²) < 4.78 is 32.8. The molecule has 0 spiro atoms. The molecule has 0 bridgehead atoms. The van der Waals surface area contributed by atoms with Gasteiger partial charge in [0, 0.05) is 19.4 Å². The van der Waals surface area contributed by atoms with Crippen LogP contribution in [0.2, 0.25) is 0 Å². The lowest BCUT2D eigenvalue weighted by Gasteiger charge is -2.19. The molecule has 2 atom stereocenters. The number of esters is 2. The highest BCUT2D eigenvalue weighted by molar-refractivity contribution is 7.47. The molecule has 3 N–H and O–H groups in total. The molecule has 0 radical (unpaired) electrons. The van der Waals surface area contributed by atoms with Gasteiger partial charge >= 0.3 is 19.8 Å². The second-order valence-electron chi connectivity index (χ2n) is 15.9. The number of ether oxygens (including phenoxy) is 2. The Balaban J connectivity index is 4.02. The third-order valence-electron chi connectivity index (χ3n) is 9.87. The van der Waals surface area contributed by atoms with E-state index in [1.54, 1.807) is 0 Å². The topological polar surface area (TPSA) is 134 Å². The fourth-order valence-electron chi connectivity index (χ4n) is 6.24. The van der Waals surface area contributed by atoms with E-state index < -0.39 is 32.5 Å². The smallest absolute Gasteiger partial charge is 0.462 e. The van der Waals surface area contributed by atoms with E-state index in [4.69, 9.17) is 24.3 Å². The summed E-state index contributed by atoms with van der Waals surface area (Å²) in [5.41, 5.74) is 5.35. The van der Waals surface area contributed by atoms with Gasteiger partial charge in [0.2, 0.25) is 0 Å². The van der Waals surface area contributed by atoms with E-state index in [2.05, 4.69) is 123 Å². The van der Waals surface area contributed by atoms with Crippen LogP contribution in [0.3, 0.4) is 0 Å². The Kier molecular flexibility index (Phi) is 46.6. The third-order valence-corrected chi connectivity index (χ3v) is 10.9. The zero-order valence-corrected chi connectivity index (χ0v) is 41.1. The fourth-order valence-corrected chi connectivity index (χ4v) is 7.01. The number of phosphoric ester groups is 1. The second-order valence-corrected chi connectivity index (χ2v) is 17.4. The molecule has 0 aliphatic heterocycles. The van der Waals surface area contributed by atoms with Gasteiger partial charge in [-0.15, -0.1) is 0 Å². The predicted molar refractivity (Wildman–Crippen MR) is 270 cm³/mol. The highest BCUT2D eigenvalue weighted by Gasteiger charge is 2.26. The van der Waals surface area contributed by atoms with Gasteiger partial charge in [-0.05, 0) is 96.3 Å². The first-order chi connectivity index (χ1) is 31.3. The molecule has 0 fully saturated rings. The van der Waals surface area contributed by atoms with Crippen LogP contribution in [-0.4, -0.2) is 49.3 Å². The number of carbonyl (C=O) groups excluding carboxylic acids is 2. The molecule has 0 amide bonds. The Morgan fingerprint density at radius 3 is 1.30 bits per heavy atom. The lowest BCUT2D eigenvalue weighted by Crippen LogP contribution is -2.29. The first kappa shape index (κ1) is 60.7. The van der Waals surface area contributed by atoms with E-state index in [-0.39, 0.29) is 32.6 Å². The number of hydrogen-bond acceptors (Lipinski definition) is 8. The summed E-state index contributed by atoms with van der Waals surface area (Å²) >= 11 is 0. The van der Waals surface area contributed by atoms with Gasteiger partial charge in [-0.1, -0.05) is 187 Å². The van der Waals surface area contributed by atoms with Gasteiger partial charge in [0.05, 0.1) is 13.2 Å². The highest BCUT2D eigenvalue weighted by atomic mass is 31.2. The summed E-state index contributed by atoms with van der Waals surface area (Å²) in [7, 11) is -4.39. The van der Waals surface area contributed by atoms with Crippen LogP contribution in [-0.2, 0) is 32.7 Å². The largest absolute Gasteiger partial charge is 0.472 e. The van der Waals surface area contributed by atoms with E-state index in [1.165, 1.54) is 32.1 Å². The number of phosphoric acid groups is 1. The summed E-state index contributed by atoms with van der Waals surface area (Å²) in [4.78, 5) is 34.9. The van der Waals surface area contributed by atoms with Gasteiger partial charge in [-0.25, -0.2) is 4.57 Å². The molecule has 64 heavy (non-hydrogen) atoms. The van der Waals surface area contributed by atoms with Crippen LogP contribution < -0.4 is 5.73 Å². The summed E-state index contributed by atoms with van der Waals surface area (Å²) in [6, 6.07) is 0. The van der Waals surface area contributed by atoms with Crippen LogP contribution in [0.5, 0.6) is 0 Å². The molecule has 0 saturated carbocycles. The predicted octanol–water partition coefficient (Wildman–Crippen LogP) is 15.1. The minimum Gasteiger partial charge on any atom is -0.462 e. The zero-order valence-electron chi connectivity index (χ0n) is 40.2. The molecule has 10 heteroatoms. The average Bonchev–Trinajstić information content (AvgIpc) is 3.28. The van der Waals surface area contributed by atoms with Crippen molar-refractivity contribution < 1.29 is 37.6 Å². The van der Waals surface area contributed by atoms with Crippen molar-refractivity contribution in [2.75, 3.05) is 26.4 Å². The quantitative estimate of drug-likeness (QED) is 0.0265. The van der Waals surface area contributed by atoms with Gasteiger partial charge in [0.15, 0.2) is 6.10 Å². The molecule has 0 aromatic rings. The van der Waals surface area contributed by atoms with Crippen molar-refractivity contribution in [1.82, 2.24) is 0 Å². The minimum absolute atomic E-state index is 0.0455. The lowest BCUT2D eigenvalue weighted by molar-refractivity contribution is -0.161. The molecule has 0 aliphatic carbocycles. The van der Waals surface area contributed by atoms with Crippen molar-refractivity contribution in [3.05, 3.63) is 109 Å². The normalized spacial score (nSPS) is 14.1. The van der Waals surface area contributed by atoms with Crippen molar-refractivity contribution >= 4 is 19.8 Å². The molecule has 0 aromatic heterocycles. The van der Waals surface area contributed by atoms with Crippen LogP contribution in [0.4, 0.5) is 0 Å². The van der Waals surface area contributed by atoms with Crippen LogP contribution in [0.25, 0.3) is 0 Å². The number of hydrogen-bond donors (Lipinski definition) is 2. The maximum atomic E-state index is 12.6. The maximum absolute atomic E-state index is 12.6. The Morgan fingerprint density at radius 2 is 0.859 bits per heavy atom. The summed E-state index contributed by atoms with van der Waals surface area (Å²) in [5.74, 6) is -0.860. The van der Waals surface area contributed by atoms with Gasteiger partial charge < -0.3 is 20.1 Å². The van der Waals surface area contributed by atoms with Crippen molar-refractivity contribution in [2.24, 2.45) is 5.73 Å². The molecule has 0 heterocycles. The Labute approximate surface area is 390 Å². The zero-order chi connectivity index (χ0) is 46.7. The molecule has 0 rings (SSSR count). The lowest BCUT2D eigenvalue weighted by atomic mass is 10.1. The first-order valence-electron chi connectivity index (χ1n) is 24.9. The Morgan fingerprint density at radius 1 is 0.484 bits per heavy atom. The monoisotopic (exact) mass is 912 g/mol. The van der Waals surface area contributed by atoms with Crippen molar-refractivity contribution in [2.45, 2.75) is 193 Å².